The summed E-state index contributed by atoms with van der Waals surface area (Å²) in [7, 11) is 0. The van der Waals surface area contributed by atoms with Crippen molar-refractivity contribution in [3.8, 4) is 0 Å². The summed E-state index contributed by atoms with van der Waals surface area (Å²) < 4.78 is 31.9. The Morgan fingerprint density at radius 2 is 1.21 bits per heavy atom. The Hall–Kier alpha value is -0.480. The summed E-state index contributed by atoms with van der Waals surface area (Å²) >= 11 is 0. The lowest BCUT2D eigenvalue weighted by Crippen LogP contribution is -2.69. The number of ether oxygens (including phenoxy) is 5. The molecule has 19 atom stereocenters. The van der Waals surface area contributed by atoms with Gasteiger partial charge in [-0.05, 0) is 124 Å². The molecule has 52 heavy (non-hydrogen) atoms. The van der Waals surface area contributed by atoms with Crippen molar-refractivity contribution in [1.29, 1.82) is 0 Å². The number of hydrogen-bond acceptors (Lipinski definition) is 12. The minimum Gasteiger partial charge on any atom is -0.388 e. The first kappa shape index (κ1) is 39.7. The Morgan fingerprint density at radius 3 is 1.79 bits per heavy atom. The van der Waals surface area contributed by atoms with E-state index in [1.54, 1.807) is 0 Å². The maximum Gasteiger partial charge on any atom is 0.186 e. The average Bonchev–Trinajstić information content (AvgIpc) is 3.64. The van der Waals surface area contributed by atoms with E-state index >= 15 is 0 Å². The molecular formula is C40H68O12. The fourth-order valence-electron chi connectivity index (χ4n) is 13.6. The van der Waals surface area contributed by atoms with Gasteiger partial charge in [-0.25, -0.2) is 0 Å². The molecule has 12 nitrogen and oxygen atoms in total. The zero-order valence-corrected chi connectivity index (χ0v) is 32.6. The van der Waals surface area contributed by atoms with E-state index in [1.165, 1.54) is 0 Å². The summed E-state index contributed by atoms with van der Waals surface area (Å²) in [6, 6.07) is 0. The van der Waals surface area contributed by atoms with Crippen molar-refractivity contribution in [2.75, 3.05) is 13.2 Å². The lowest BCUT2D eigenvalue weighted by Gasteiger charge is -2.71. The number of aliphatic hydroxyl groups excluding tert-OH is 6. The molecule has 0 aromatic carbocycles. The first-order valence-electron chi connectivity index (χ1n) is 20.1. The van der Waals surface area contributed by atoms with Gasteiger partial charge in [0.25, 0.3) is 0 Å². The molecule has 3 saturated heterocycles. The summed E-state index contributed by atoms with van der Waals surface area (Å²) in [6.45, 7) is 17.5. The molecule has 3 aliphatic heterocycles. The second-order valence-corrected chi connectivity index (χ2v) is 20.2. The monoisotopic (exact) mass is 740 g/mol. The van der Waals surface area contributed by atoms with E-state index in [-0.39, 0.29) is 76.9 Å². The van der Waals surface area contributed by atoms with Gasteiger partial charge < -0.3 is 59.4 Å². The molecule has 0 bridgehead atoms. The van der Waals surface area contributed by atoms with Gasteiger partial charge in [0.1, 0.15) is 36.6 Å². The third-order valence-corrected chi connectivity index (χ3v) is 16.7. The highest BCUT2D eigenvalue weighted by Gasteiger charge is 2.73. The van der Waals surface area contributed by atoms with E-state index in [4.69, 9.17) is 23.7 Å². The Kier molecular flexibility index (Phi) is 10.2. The van der Waals surface area contributed by atoms with Crippen LogP contribution in [0, 0.1) is 45.3 Å². The molecule has 7 rings (SSSR count). The lowest BCUT2D eigenvalue weighted by atomic mass is 9.35. The average molecular weight is 741 g/mol. The first-order chi connectivity index (χ1) is 24.1. The Labute approximate surface area is 309 Å². The number of hydrogen-bond donors (Lipinski definition) is 7. The number of aliphatic hydroxyl groups is 7. The SMILES string of the molecule is CC(C)(O)[C@H]1CC[C@@](C)([C@@H]2CC[C@]3(C)[C@H]2C[C@@H](O[C@@H]2OC[C@H](O)[C@H](O)[C@H]2O)[C@@H]2[C@@]4(C)CC[C@H](O[C@@H]5OC[C@H](O)[C@H](O)[C@H]5O)C(C)(C)[C@@H]4CC[C@]23C)O1. The standard InChI is InChI=1S/C40H68O12/c1-35(2)25-10-15-39(7)32(37(25,5)13-11-26(35)51-34-31(46)29(44)23(42)19-49-34)24(50-33-30(45)28(43)22(41)18-48-33)17-21-20(9-14-38(21,39)6)40(8)16-12-27(52-40)36(3,4)47/h20-34,41-47H,9-19H2,1-8H3/t20-,21+,22+,23+,24-,25+,26+,27-,28+,29+,30-,31-,32-,33+,34+,37+,38-,39-,40+/m1/s1. The molecule has 0 spiro atoms. The molecule has 0 amide bonds. The van der Waals surface area contributed by atoms with Crippen LogP contribution < -0.4 is 0 Å². The molecule has 7 aliphatic rings. The van der Waals surface area contributed by atoms with Crippen LogP contribution in [0.4, 0.5) is 0 Å². The highest BCUT2D eigenvalue weighted by Crippen LogP contribution is 2.76. The summed E-state index contributed by atoms with van der Waals surface area (Å²) in [5.74, 6) is 0.762. The van der Waals surface area contributed by atoms with Crippen LogP contribution in [0.5, 0.6) is 0 Å². The zero-order chi connectivity index (χ0) is 38.0. The van der Waals surface area contributed by atoms with Gasteiger partial charge in [-0.1, -0.05) is 34.6 Å². The molecule has 4 saturated carbocycles. The molecule has 12 heteroatoms. The number of fused-ring (bicyclic) bond motifs is 5. The van der Waals surface area contributed by atoms with Crippen LogP contribution in [-0.2, 0) is 23.7 Å². The van der Waals surface area contributed by atoms with Gasteiger partial charge in [0, 0.05) is 0 Å². The van der Waals surface area contributed by atoms with E-state index < -0.39 is 60.4 Å². The van der Waals surface area contributed by atoms with Crippen molar-refractivity contribution in [3.05, 3.63) is 0 Å². The third kappa shape index (κ3) is 5.99. The topological polar surface area (TPSA) is 188 Å². The van der Waals surface area contributed by atoms with Crippen LogP contribution in [0.15, 0.2) is 0 Å². The molecule has 7 N–H and O–H groups in total. The quantitative estimate of drug-likeness (QED) is 0.198. The minimum atomic E-state index is -1.39. The zero-order valence-electron chi connectivity index (χ0n) is 32.6. The van der Waals surface area contributed by atoms with Gasteiger partial charge in [0.2, 0.25) is 0 Å². The maximum atomic E-state index is 11.1. The van der Waals surface area contributed by atoms with Gasteiger partial charge >= 0.3 is 0 Å². The van der Waals surface area contributed by atoms with E-state index in [2.05, 4.69) is 41.5 Å². The summed E-state index contributed by atoms with van der Waals surface area (Å²) in [5, 5.41) is 74.2. The van der Waals surface area contributed by atoms with Gasteiger partial charge in [-0.15, -0.1) is 0 Å². The molecule has 3 heterocycles. The molecule has 0 unspecified atom stereocenters. The third-order valence-electron chi connectivity index (χ3n) is 16.7. The Bertz CT molecular complexity index is 1310. The fraction of sp³-hybridized carbons (Fsp3) is 1.00. The molecule has 0 aromatic rings. The van der Waals surface area contributed by atoms with Crippen LogP contribution >= 0.6 is 0 Å². The maximum absolute atomic E-state index is 11.1. The van der Waals surface area contributed by atoms with E-state index in [1.807, 2.05) is 13.8 Å². The van der Waals surface area contributed by atoms with Crippen LogP contribution in [-0.4, -0.2) is 128 Å². The van der Waals surface area contributed by atoms with Crippen LogP contribution in [0.25, 0.3) is 0 Å². The Balaban J connectivity index is 1.22. The fourth-order valence-corrected chi connectivity index (χ4v) is 13.6. The van der Waals surface area contributed by atoms with Crippen molar-refractivity contribution in [2.45, 2.75) is 192 Å². The van der Waals surface area contributed by atoms with Crippen LogP contribution in [0.2, 0.25) is 0 Å². The predicted octanol–water partition coefficient (Wildman–Crippen LogP) is 2.64. The molecular weight excluding hydrogens is 672 g/mol. The smallest absolute Gasteiger partial charge is 0.186 e. The number of rotatable bonds is 6. The first-order valence-corrected chi connectivity index (χ1v) is 20.1. The normalized spacial score (nSPS) is 56.5. The summed E-state index contributed by atoms with van der Waals surface area (Å²) in [4.78, 5) is 0. The minimum absolute atomic E-state index is 0.0361. The van der Waals surface area contributed by atoms with Crippen molar-refractivity contribution >= 4 is 0 Å². The van der Waals surface area contributed by atoms with Gasteiger partial charge in [0.05, 0.1) is 42.7 Å². The molecule has 300 valence electrons. The van der Waals surface area contributed by atoms with Gasteiger partial charge in [-0.3, -0.25) is 0 Å². The molecule has 0 aromatic heterocycles. The van der Waals surface area contributed by atoms with Crippen molar-refractivity contribution in [3.63, 3.8) is 0 Å². The van der Waals surface area contributed by atoms with Gasteiger partial charge in [-0.2, -0.15) is 0 Å². The predicted molar refractivity (Wildman–Crippen MR) is 188 cm³/mol. The van der Waals surface area contributed by atoms with E-state index in [0.29, 0.717) is 6.42 Å². The lowest BCUT2D eigenvalue weighted by molar-refractivity contribution is -0.335. The van der Waals surface area contributed by atoms with Crippen LogP contribution in [0.1, 0.15) is 113 Å². The van der Waals surface area contributed by atoms with Crippen LogP contribution in [0.3, 0.4) is 0 Å². The van der Waals surface area contributed by atoms with Gasteiger partial charge in [0.15, 0.2) is 12.6 Å². The Morgan fingerprint density at radius 1 is 0.635 bits per heavy atom. The van der Waals surface area contributed by atoms with Crippen molar-refractivity contribution in [2.24, 2.45) is 45.3 Å². The largest absolute Gasteiger partial charge is 0.388 e. The second-order valence-electron chi connectivity index (χ2n) is 20.2. The molecule has 4 aliphatic carbocycles. The second kappa shape index (κ2) is 13.3. The van der Waals surface area contributed by atoms with Crippen molar-refractivity contribution in [1.82, 2.24) is 0 Å². The van der Waals surface area contributed by atoms with Crippen molar-refractivity contribution < 1.29 is 59.4 Å². The molecule has 0 radical (unpaired) electrons. The van der Waals surface area contributed by atoms with E-state index in [0.717, 1.165) is 51.4 Å². The van der Waals surface area contributed by atoms with E-state index in [9.17, 15) is 35.7 Å². The summed E-state index contributed by atoms with van der Waals surface area (Å²) in [5.41, 5.74) is -2.08. The highest BCUT2D eigenvalue weighted by molar-refractivity contribution is 5.21. The highest BCUT2D eigenvalue weighted by atomic mass is 16.7. The summed E-state index contributed by atoms with van der Waals surface area (Å²) in [6.07, 6.45) is -2.81. The molecule has 7 fully saturated rings.